The normalized spacial score (nSPS) is 8.60. The smallest absolute Gasteiger partial charge is 0.118 e. The van der Waals surface area contributed by atoms with E-state index < -0.39 is 0 Å². The molecule has 2 heteroatoms. The van der Waals surface area contributed by atoms with Crippen LogP contribution >= 0.6 is 0 Å². The quantitative estimate of drug-likeness (QED) is 0.578. The molecule has 0 radical (unpaired) electrons. The van der Waals surface area contributed by atoms with Gasteiger partial charge in [0.25, 0.3) is 0 Å². The van der Waals surface area contributed by atoms with Crippen LogP contribution in [0.5, 0.6) is 5.75 Å². The van der Waals surface area contributed by atoms with Crippen LogP contribution in [0, 0.1) is 13.8 Å². The maximum Gasteiger partial charge on any atom is 0.118 e. The van der Waals surface area contributed by atoms with Crippen molar-refractivity contribution in [3.05, 3.63) is 29.3 Å². The molecule has 0 saturated carbocycles. The molecule has 10 heavy (non-hydrogen) atoms. The molecular formula is C8H13NO. The largest absolute Gasteiger partial charge is 0.508 e. The fourth-order valence-electron chi connectivity index (χ4n) is 0.736. The topological polar surface area (TPSA) is 55.2 Å². The predicted molar refractivity (Wildman–Crippen MR) is 42.6 cm³/mol. The fraction of sp³-hybridized carbons (Fsp3) is 0.250. The second kappa shape index (κ2) is 3.22. The van der Waals surface area contributed by atoms with Crippen molar-refractivity contribution >= 4 is 0 Å². The van der Waals surface area contributed by atoms with E-state index in [9.17, 15) is 0 Å². The summed E-state index contributed by atoms with van der Waals surface area (Å²) in [4.78, 5) is 0. The summed E-state index contributed by atoms with van der Waals surface area (Å²) in [5.41, 5.74) is 2.10. The van der Waals surface area contributed by atoms with Gasteiger partial charge in [0.15, 0.2) is 0 Å². The van der Waals surface area contributed by atoms with Crippen LogP contribution in [0.15, 0.2) is 18.2 Å². The zero-order chi connectivity index (χ0) is 6.85. The molecule has 1 rings (SSSR count). The summed E-state index contributed by atoms with van der Waals surface area (Å²) < 4.78 is 0. The van der Waals surface area contributed by atoms with Crippen molar-refractivity contribution in [3.8, 4) is 5.75 Å². The highest BCUT2D eigenvalue weighted by molar-refractivity contribution is 5.36. The molecule has 0 unspecified atom stereocenters. The summed E-state index contributed by atoms with van der Waals surface area (Å²) in [7, 11) is 0. The number of aryl methyl sites for hydroxylation is 1. The number of rotatable bonds is 0. The van der Waals surface area contributed by atoms with Crippen molar-refractivity contribution in [2.45, 2.75) is 13.8 Å². The lowest BCUT2D eigenvalue weighted by Crippen LogP contribution is -1.78. The third-order valence-corrected chi connectivity index (χ3v) is 1.58. The van der Waals surface area contributed by atoms with E-state index in [0.29, 0.717) is 5.75 Å². The molecular weight excluding hydrogens is 126 g/mol. The Kier molecular flexibility index (Phi) is 2.90. The molecule has 2 nitrogen and oxygen atoms in total. The molecule has 0 aliphatic heterocycles. The maximum atomic E-state index is 9.10. The molecule has 56 valence electrons. The van der Waals surface area contributed by atoms with Crippen molar-refractivity contribution in [1.82, 2.24) is 6.15 Å². The third-order valence-electron chi connectivity index (χ3n) is 1.58. The van der Waals surface area contributed by atoms with Crippen molar-refractivity contribution in [2.24, 2.45) is 0 Å². The second-order valence-electron chi connectivity index (χ2n) is 2.22. The minimum atomic E-state index is 0. The summed E-state index contributed by atoms with van der Waals surface area (Å²) >= 11 is 0. The number of phenolic OH excluding ortho intramolecular Hbond substituents is 1. The highest BCUT2D eigenvalue weighted by Gasteiger charge is 1.94. The zero-order valence-electron chi connectivity index (χ0n) is 6.39. The zero-order valence-corrected chi connectivity index (χ0v) is 6.39. The van der Waals surface area contributed by atoms with Gasteiger partial charge >= 0.3 is 0 Å². The molecule has 0 spiro atoms. The van der Waals surface area contributed by atoms with Gasteiger partial charge in [-0.3, -0.25) is 0 Å². The van der Waals surface area contributed by atoms with E-state index in [2.05, 4.69) is 0 Å². The minimum absolute atomic E-state index is 0. The first-order valence-electron chi connectivity index (χ1n) is 2.97. The Hall–Kier alpha value is -1.02. The van der Waals surface area contributed by atoms with Gasteiger partial charge in [0.05, 0.1) is 0 Å². The van der Waals surface area contributed by atoms with Gasteiger partial charge in [-0.2, -0.15) is 0 Å². The summed E-state index contributed by atoms with van der Waals surface area (Å²) in [6, 6.07) is 5.52. The number of hydrogen-bond donors (Lipinski definition) is 2. The lowest BCUT2D eigenvalue weighted by Gasteiger charge is -1.99. The van der Waals surface area contributed by atoms with E-state index in [-0.39, 0.29) is 6.15 Å². The number of hydrogen-bond acceptors (Lipinski definition) is 2. The minimum Gasteiger partial charge on any atom is -0.508 e. The summed E-state index contributed by atoms with van der Waals surface area (Å²) in [6.07, 6.45) is 0. The Balaban J connectivity index is 0.000000810. The first-order chi connectivity index (χ1) is 4.22. The monoisotopic (exact) mass is 139 g/mol. The van der Waals surface area contributed by atoms with Crippen molar-refractivity contribution in [2.75, 3.05) is 0 Å². The molecule has 0 aromatic heterocycles. The van der Waals surface area contributed by atoms with Gasteiger partial charge in [0.2, 0.25) is 0 Å². The Morgan fingerprint density at radius 1 is 1.20 bits per heavy atom. The number of phenols is 1. The highest BCUT2D eigenvalue weighted by atomic mass is 16.3. The van der Waals surface area contributed by atoms with E-state index in [1.165, 1.54) is 0 Å². The van der Waals surface area contributed by atoms with Crippen molar-refractivity contribution in [3.63, 3.8) is 0 Å². The number of benzene rings is 1. The van der Waals surface area contributed by atoms with Gasteiger partial charge in [-0.25, -0.2) is 0 Å². The lowest BCUT2D eigenvalue weighted by molar-refractivity contribution is 0.470. The fourth-order valence-corrected chi connectivity index (χ4v) is 0.736. The van der Waals surface area contributed by atoms with Crippen LogP contribution in [0.1, 0.15) is 11.1 Å². The van der Waals surface area contributed by atoms with Crippen molar-refractivity contribution < 1.29 is 5.11 Å². The molecule has 0 aliphatic carbocycles. The molecule has 4 N–H and O–H groups in total. The van der Waals surface area contributed by atoms with Crippen LogP contribution in [-0.4, -0.2) is 5.11 Å². The van der Waals surface area contributed by atoms with Crippen LogP contribution in [0.3, 0.4) is 0 Å². The molecule has 1 aromatic carbocycles. The van der Waals surface area contributed by atoms with E-state index >= 15 is 0 Å². The standard InChI is InChI=1S/C8H10O.H3N/c1-6-4-3-5-8(9)7(6)2;/h3-5,9H,1-2H3;1H3. The van der Waals surface area contributed by atoms with Gasteiger partial charge in [-0.15, -0.1) is 0 Å². The number of aromatic hydroxyl groups is 1. The van der Waals surface area contributed by atoms with Gasteiger partial charge in [0, 0.05) is 0 Å². The van der Waals surface area contributed by atoms with Crippen LogP contribution < -0.4 is 6.15 Å². The highest BCUT2D eigenvalue weighted by Crippen LogP contribution is 2.17. The van der Waals surface area contributed by atoms with Gasteiger partial charge in [0.1, 0.15) is 5.75 Å². The average Bonchev–Trinajstić information content (AvgIpc) is 1.83. The SMILES string of the molecule is Cc1cccc(O)c1C.N. The maximum absolute atomic E-state index is 9.10. The molecule has 1 aromatic rings. The van der Waals surface area contributed by atoms with Gasteiger partial charge in [-0.1, -0.05) is 12.1 Å². The molecule has 0 aliphatic rings. The Labute approximate surface area is 61.1 Å². The Morgan fingerprint density at radius 3 is 2.20 bits per heavy atom. The molecule has 0 amide bonds. The van der Waals surface area contributed by atoms with E-state index in [4.69, 9.17) is 5.11 Å². The van der Waals surface area contributed by atoms with Crippen LogP contribution in [0.2, 0.25) is 0 Å². The van der Waals surface area contributed by atoms with Gasteiger partial charge in [-0.05, 0) is 31.0 Å². The van der Waals surface area contributed by atoms with E-state index in [1.54, 1.807) is 6.07 Å². The van der Waals surface area contributed by atoms with Crippen molar-refractivity contribution in [1.29, 1.82) is 0 Å². The first-order valence-corrected chi connectivity index (χ1v) is 2.97. The Morgan fingerprint density at radius 2 is 1.80 bits per heavy atom. The molecule has 0 bridgehead atoms. The first kappa shape index (κ1) is 8.98. The van der Waals surface area contributed by atoms with E-state index in [0.717, 1.165) is 11.1 Å². The molecule has 0 atom stereocenters. The molecule has 0 fully saturated rings. The van der Waals surface area contributed by atoms with Gasteiger partial charge < -0.3 is 11.3 Å². The molecule has 0 saturated heterocycles. The molecule has 0 heterocycles. The van der Waals surface area contributed by atoms with E-state index in [1.807, 2.05) is 26.0 Å². The summed E-state index contributed by atoms with van der Waals surface area (Å²) in [5.74, 6) is 0.384. The lowest BCUT2D eigenvalue weighted by atomic mass is 10.1. The summed E-state index contributed by atoms with van der Waals surface area (Å²) in [6.45, 7) is 3.89. The van der Waals surface area contributed by atoms with Crippen LogP contribution in [-0.2, 0) is 0 Å². The summed E-state index contributed by atoms with van der Waals surface area (Å²) in [5, 5.41) is 9.10. The second-order valence-corrected chi connectivity index (χ2v) is 2.22. The predicted octanol–water partition coefficient (Wildman–Crippen LogP) is 2.17. The average molecular weight is 139 g/mol. The third kappa shape index (κ3) is 1.48. The Bertz CT molecular complexity index is 200. The van der Waals surface area contributed by atoms with Crippen LogP contribution in [0.25, 0.3) is 0 Å². The van der Waals surface area contributed by atoms with Crippen LogP contribution in [0.4, 0.5) is 0 Å².